The third kappa shape index (κ3) is 6.94. The molecule has 0 radical (unpaired) electrons. The van der Waals surface area contributed by atoms with Crippen LogP contribution in [-0.2, 0) is 19.7 Å². The zero-order valence-electron chi connectivity index (χ0n) is 10.3. The maximum atomic E-state index is 11.6. The van der Waals surface area contributed by atoms with E-state index in [9.17, 15) is 13.2 Å². The van der Waals surface area contributed by atoms with Gasteiger partial charge in [0, 0.05) is 26.6 Å². The fraction of sp³-hybridized carbons (Fsp3) is 0.700. The van der Waals surface area contributed by atoms with E-state index in [4.69, 9.17) is 0 Å². The van der Waals surface area contributed by atoms with Crippen molar-refractivity contribution in [2.24, 2.45) is 0 Å². The van der Waals surface area contributed by atoms with Gasteiger partial charge in [-0.05, 0) is 6.92 Å². The maximum Gasteiger partial charge on any atom is 0.306 e. The molecule has 0 heterocycles. The smallest absolute Gasteiger partial charge is 0.306 e. The number of carbonyl (C=O) groups is 1. The fourth-order valence-corrected chi connectivity index (χ4v) is 1.86. The van der Waals surface area contributed by atoms with Crippen molar-refractivity contribution in [2.45, 2.75) is 19.8 Å². The molecule has 6 nitrogen and oxygen atoms in total. The maximum absolute atomic E-state index is 11.6. The van der Waals surface area contributed by atoms with Gasteiger partial charge in [0.25, 0.3) is 10.2 Å². The van der Waals surface area contributed by atoms with Crippen molar-refractivity contribution in [3.8, 4) is 11.8 Å². The fourth-order valence-electron chi connectivity index (χ4n) is 0.949. The summed E-state index contributed by atoms with van der Waals surface area (Å²) in [7, 11) is -0.875. The second-order valence-corrected chi connectivity index (χ2v) is 5.09. The largest absolute Gasteiger partial charge is 0.469 e. The minimum atomic E-state index is -3.54. The van der Waals surface area contributed by atoms with E-state index >= 15 is 0 Å². The zero-order valence-corrected chi connectivity index (χ0v) is 11.1. The van der Waals surface area contributed by atoms with Gasteiger partial charge in [0.05, 0.1) is 13.5 Å². The van der Waals surface area contributed by atoms with Gasteiger partial charge in [0.2, 0.25) is 0 Å². The molecule has 0 aromatic rings. The van der Waals surface area contributed by atoms with Gasteiger partial charge in [-0.1, -0.05) is 0 Å². The summed E-state index contributed by atoms with van der Waals surface area (Å²) in [5.41, 5.74) is 0. The van der Waals surface area contributed by atoms with Gasteiger partial charge in [-0.25, -0.2) is 4.72 Å². The van der Waals surface area contributed by atoms with Crippen LogP contribution >= 0.6 is 0 Å². The van der Waals surface area contributed by atoms with E-state index in [0.717, 1.165) is 4.31 Å². The van der Waals surface area contributed by atoms with E-state index in [0.29, 0.717) is 6.42 Å². The van der Waals surface area contributed by atoms with Crippen LogP contribution < -0.4 is 4.72 Å². The summed E-state index contributed by atoms with van der Waals surface area (Å²) >= 11 is 0. The first-order valence-corrected chi connectivity index (χ1v) is 6.55. The molecule has 0 atom stereocenters. The number of nitrogens with zero attached hydrogens (tertiary/aromatic N) is 1. The predicted molar refractivity (Wildman–Crippen MR) is 64.3 cm³/mol. The van der Waals surface area contributed by atoms with Gasteiger partial charge < -0.3 is 4.74 Å². The van der Waals surface area contributed by atoms with E-state index in [1.54, 1.807) is 6.92 Å². The Kier molecular flexibility index (Phi) is 7.54. The van der Waals surface area contributed by atoms with Crippen LogP contribution in [-0.4, -0.2) is 45.9 Å². The first-order valence-electron chi connectivity index (χ1n) is 5.11. The van der Waals surface area contributed by atoms with Gasteiger partial charge >= 0.3 is 5.97 Å². The Morgan fingerprint density at radius 1 is 1.47 bits per heavy atom. The highest BCUT2D eigenvalue weighted by Gasteiger charge is 2.17. The third-order valence-corrected chi connectivity index (χ3v) is 3.55. The lowest BCUT2D eigenvalue weighted by molar-refractivity contribution is -0.140. The molecule has 0 rings (SSSR count). The molecule has 0 unspecified atom stereocenters. The molecule has 0 saturated heterocycles. The van der Waals surface area contributed by atoms with Crippen LogP contribution in [0.2, 0.25) is 0 Å². The molecule has 0 amide bonds. The van der Waals surface area contributed by atoms with Gasteiger partial charge in [0.15, 0.2) is 0 Å². The molecule has 0 bridgehead atoms. The Hall–Kier alpha value is -1.10. The molecule has 1 N–H and O–H groups in total. The molecule has 98 valence electrons. The Morgan fingerprint density at radius 2 is 2.12 bits per heavy atom. The first kappa shape index (κ1) is 15.9. The topological polar surface area (TPSA) is 75.7 Å². The van der Waals surface area contributed by atoms with Crippen molar-refractivity contribution in [3.63, 3.8) is 0 Å². The number of methoxy groups -OCH3 is 1. The number of carbonyl (C=O) groups excluding carboxylic acids is 1. The number of esters is 1. The second-order valence-electron chi connectivity index (χ2n) is 3.22. The number of hydrogen-bond donors (Lipinski definition) is 1. The van der Waals surface area contributed by atoms with E-state index in [-0.39, 0.29) is 19.5 Å². The van der Waals surface area contributed by atoms with Crippen molar-refractivity contribution in [3.05, 3.63) is 0 Å². The molecule has 0 aliphatic rings. The van der Waals surface area contributed by atoms with Crippen LogP contribution in [0.4, 0.5) is 0 Å². The van der Waals surface area contributed by atoms with Crippen LogP contribution in [0.1, 0.15) is 19.8 Å². The van der Waals surface area contributed by atoms with Crippen LogP contribution in [0.15, 0.2) is 0 Å². The monoisotopic (exact) mass is 262 g/mol. The number of nitrogens with one attached hydrogen (secondary N) is 1. The van der Waals surface area contributed by atoms with E-state index in [1.807, 2.05) is 0 Å². The van der Waals surface area contributed by atoms with Crippen molar-refractivity contribution >= 4 is 16.2 Å². The molecule has 0 aliphatic heterocycles. The summed E-state index contributed by atoms with van der Waals surface area (Å²) < 4.78 is 31.1. The lowest BCUT2D eigenvalue weighted by Crippen LogP contribution is -2.39. The van der Waals surface area contributed by atoms with Gasteiger partial charge in [-0.2, -0.15) is 12.7 Å². The van der Waals surface area contributed by atoms with E-state index in [1.165, 1.54) is 14.2 Å². The number of ether oxygens (including phenoxy) is 1. The summed E-state index contributed by atoms with van der Waals surface area (Å²) in [6.07, 6.45) is 0.489. The Balaban J connectivity index is 4.10. The Morgan fingerprint density at radius 3 is 2.65 bits per heavy atom. The minimum Gasteiger partial charge on any atom is -0.469 e. The van der Waals surface area contributed by atoms with Gasteiger partial charge in [0.1, 0.15) is 0 Å². The Labute approximate surface area is 103 Å². The highest BCUT2D eigenvalue weighted by atomic mass is 32.2. The van der Waals surface area contributed by atoms with Crippen LogP contribution in [0.25, 0.3) is 0 Å². The highest BCUT2D eigenvalue weighted by Crippen LogP contribution is 1.96. The normalized spacial score (nSPS) is 10.8. The summed E-state index contributed by atoms with van der Waals surface area (Å²) in [5, 5.41) is 0. The lowest BCUT2D eigenvalue weighted by Gasteiger charge is -2.16. The summed E-state index contributed by atoms with van der Waals surface area (Å²) in [6.45, 7) is 2.03. The second kappa shape index (κ2) is 8.06. The average Bonchev–Trinajstić information content (AvgIpc) is 2.31. The molecule has 7 heteroatoms. The molecule has 0 aromatic heterocycles. The first-order chi connectivity index (χ1) is 7.94. The summed E-state index contributed by atoms with van der Waals surface area (Å²) in [4.78, 5) is 10.9. The van der Waals surface area contributed by atoms with Crippen LogP contribution in [0.3, 0.4) is 0 Å². The standard InChI is InChI=1S/C10H18N2O4S/c1-4-5-6-8-11-17(14,15)12(2)9-7-10(13)16-3/h11H,6-9H2,1-3H3. The molecule has 0 saturated carbocycles. The molecule has 0 aromatic carbocycles. The van der Waals surface area contributed by atoms with E-state index < -0.39 is 16.2 Å². The summed E-state index contributed by atoms with van der Waals surface area (Å²) in [6, 6.07) is 0. The molecular formula is C10H18N2O4S. The molecular weight excluding hydrogens is 244 g/mol. The minimum absolute atomic E-state index is 0.0304. The molecule has 0 fully saturated rings. The van der Waals surface area contributed by atoms with Gasteiger partial charge in [-0.15, -0.1) is 11.8 Å². The summed E-state index contributed by atoms with van der Waals surface area (Å²) in [5.74, 6) is 4.98. The number of rotatable bonds is 7. The van der Waals surface area contributed by atoms with Crippen LogP contribution in [0.5, 0.6) is 0 Å². The quantitative estimate of drug-likeness (QED) is 0.389. The Bertz CT molecular complexity index is 394. The van der Waals surface area contributed by atoms with E-state index in [2.05, 4.69) is 21.3 Å². The lowest BCUT2D eigenvalue weighted by atomic mass is 10.4. The highest BCUT2D eigenvalue weighted by molar-refractivity contribution is 7.87. The molecule has 17 heavy (non-hydrogen) atoms. The van der Waals surface area contributed by atoms with Crippen molar-refractivity contribution in [2.75, 3.05) is 27.2 Å². The molecule has 0 spiro atoms. The van der Waals surface area contributed by atoms with Gasteiger partial charge in [-0.3, -0.25) is 4.79 Å². The van der Waals surface area contributed by atoms with Crippen LogP contribution in [0, 0.1) is 11.8 Å². The average molecular weight is 262 g/mol. The zero-order chi connectivity index (χ0) is 13.3. The van der Waals surface area contributed by atoms with Crippen molar-refractivity contribution in [1.82, 2.24) is 9.03 Å². The van der Waals surface area contributed by atoms with Crippen molar-refractivity contribution < 1.29 is 17.9 Å². The SMILES string of the molecule is CC#CCCNS(=O)(=O)N(C)CCC(=O)OC. The number of hydrogen-bond acceptors (Lipinski definition) is 4. The van der Waals surface area contributed by atoms with Crippen molar-refractivity contribution in [1.29, 1.82) is 0 Å². The molecule has 0 aliphatic carbocycles. The third-order valence-electron chi connectivity index (χ3n) is 1.98. The predicted octanol–water partition coefficient (Wildman–Crippen LogP) is -0.271.